The highest BCUT2D eigenvalue weighted by Crippen LogP contribution is 2.35. The minimum Gasteiger partial charge on any atom is -0.350 e. The molecule has 0 radical (unpaired) electrons. The van der Waals surface area contributed by atoms with Gasteiger partial charge in [-0.05, 0) is 25.0 Å². The first-order valence-electron chi connectivity index (χ1n) is 7.26. The quantitative estimate of drug-likeness (QED) is 0.792. The Balaban J connectivity index is 1.63. The van der Waals surface area contributed by atoms with E-state index in [1.165, 1.54) is 0 Å². The summed E-state index contributed by atoms with van der Waals surface area (Å²) in [6.07, 6.45) is 5.63. The van der Waals surface area contributed by atoms with Crippen LogP contribution in [0.2, 0.25) is 0 Å². The van der Waals surface area contributed by atoms with Crippen LogP contribution in [-0.2, 0) is 5.54 Å². The highest BCUT2D eigenvalue weighted by Gasteiger charge is 2.36. The van der Waals surface area contributed by atoms with Gasteiger partial charge in [-0.3, -0.25) is 4.98 Å². The SMILES string of the molecule is NC1(c2noc(-c3cc(-c4ccccn4)no3)n2)CCCC1. The van der Waals surface area contributed by atoms with Crippen LogP contribution in [0.25, 0.3) is 23.0 Å². The summed E-state index contributed by atoms with van der Waals surface area (Å²) in [7, 11) is 0. The molecule has 7 heteroatoms. The van der Waals surface area contributed by atoms with Gasteiger partial charge in [-0.15, -0.1) is 0 Å². The number of hydrogen-bond acceptors (Lipinski definition) is 7. The van der Waals surface area contributed by atoms with Gasteiger partial charge in [-0.1, -0.05) is 29.2 Å². The predicted molar refractivity (Wildman–Crippen MR) is 77.4 cm³/mol. The first-order chi connectivity index (χ1) is 10.7. The molecule has 4 rings (SSSR count). The van der Waals surface area contributed by atoms with Gasteiger partial charge < -0.3 is 14.8 Å². The van der Waals surface area contributed by atoms with Gasteiger partial charge in [0.25, 0.3) is 5.89 Å². The lowest BCUT2D eigenvalue weighted by Gasteiger charge is -2.17. The van der Waals surface area contributed by atoms with Gasteiger partial charge in [0.2, 0.25) is 5.76 Å². The van der Waals surface area contributed by atoms with Gasteiger partial charge in [0.05, 0.1) is 11.2 Å². The average Bonchev–Trinajstić information content (AvgIpc) is 3.28. The molecule has 0 amide bonds. The van der Waals surface area contributed by atoms with Crippen LogP contribution in [0, 0.1) is 0 Å². The van der Waals surface area contributed by atoms with E-state index in [-0.39, 0.29) is 0 Å². The molecule has 0 aliphatic heterocycles. The zero-order valence-corrected chi connectivity index (χ0v) is 11.9. The summed E-state index contributed by atoms with van der Waals surface area (Å²) >= 11 is 0. The Bertz CT molecular complexity index is 774. The van der Waals surface area contributed by atoms with Crippen molar-refractivity contribution in [3.63, 3.8) is 0 Å². The zero-order chi connectivity index (χ0) is 15.0. The second kappa shape index (κ2) is 5.03. The van der Waals surface area contributed by atoms with Crippen molar-refractivity contribution in [3.05, 3.63) is 36.3 Å². The molecule has 3 aromatic heterocycles. The Morgan fingerprint density at radius 3 is 2.68 bits per heavy atom. The summed E-state index contributed by atoms with van der Waals surface area (Å²) in [5.74, 6) is 1.25. The van der Waals surface area contributed by atoms with Crippen molar-refractivity contribution in [1.29, 1.82) is 0 Å². The normalized spacial score (nSPS) is 17.0. The van der Waals surface area contributed by atoms with Crippen molar-refractivity contribution < 1.29 is 9.05 Å². The van der Waals surface area contributed by atoms with E-state index in [0.29, 0.717) is 23.2 Å². The summed E-state index contributed by atoms with van der Waals surface area (Å²) in [6, 6.07) is 7.32. The minimum absolute atomic E-state index is 0.293. The van der Waals surface area contributed by atoms with Crippen LogP contribution < -0.4 is 5.73 Å². The zero-order valence-electron chi connectivity index (χ0n) is 11.9. The Hall–Kier alpha value is -2.54. The molecule has 3 heterocycles. The van der Waals surface area contributed by atoms with Crippen molar-refractivity contribution in [3.8, 4) is 23.0 Å². The van der Waals surface area contributed by atoms with Gasteiger partial charge in [-0.2, -0.15) is 4.98 Å². The van der Waals surface area contributed by atoms with E-state index in [0.717, 1.165) is 31.4 Å². The first kappa shape index (κ1) is 13.1. The topological polar surface area (TPSA) is 104 Å². The van der Waals surface area contributed by atoms with E-state index in [1.54, 1.807) is 12.3 Å². The van der Waals surface area contributed by atoms with E-state index in [1.807, 2.05) is 18.2 Å². The summed E-state index contributed by atoms with van der Waals surface area (Å²) in [6.45, 7) is 0. The lowest BCUT2D eigenvalue weighted by molar-refractivity contribution is 0.360. The van der Waals surface area contributed by atoms with E-state index in [4.69, 9.17) is 14.8 Å². The van der Waals surface area contributed by atoms with Gasteiger partial charge in [0.1, 0.15) is 5.69 Å². The molecule has 0 unspecified atom stereocenters. The number of rotatable bonds is 3. The van der Waals surface area contributed by atoms with Crippen molar-refractivity contribution in [2.24, 2.45) is 5.73 Å². The Morgan fingerprint density at radius 2 is 1.91 bits per heavy atom. The smallest absolute Gasteiger partial charge is 0.296 e. The Kier molecular flexibility index (Phi) is 3.00. The monoisotopic (exact) mass is 297 g/mol. The number of nitrogens with two attached hydrogens (primary N) is 1. The molecule has 1 fully saturated rings. The number of hydrogen-bond donors (Lipinski definition) is 1. The summed E-state index contributed by atoms with van der Waals surface area (Å²) in [4.78, 5) is 8.61. The lowest BCUT2D eigenvalue weighted by atomic mass is 9.99. The fraction of sp³-hybridized carbons (Fsp3) is 0.333. The van der Waals surface area contributed by atoms with Gasteiger partial charge in [0, 0.05) is 12.3 Å². The number of nitrogens with zero attached hydrogens (tertiary/aromatic N) is 4. The molecule has 0 atom stereocenters. The molecule has 22 heavy (non-hydrogen) atoms. The molecular weight excluding hydrogens is 282 g/mol. The number of aromatic nitrogens is 4. The molecule has 1 aliphatic rings. The van der Waals surface area contributed by atoms with E-state index >= 15 is 0 Å². The van der Waals surface area contributed by atoms with Crippen LogP contribution >= 0.6 is 0 Å². The maximum absolute atomic E-state index is 6.33. The third-order valence-electron chi connectivity index (χ3n) is 4.02. The molecule has 1 saturated carbocycles. The van der Waals surface area contributed by atoms with Crippen molar-refractivity contribution in [2.75, 3.05) is 0 Å². The molecule has 7 nitrogen and oxygen atoms in total. The first-order valence-corrected chi connectivity index (χ1v) is 7.26. The highest BCUT2D eigenvalue weighted by molar-refractivity contribution is 5.59. The van der Waals surface area contributed by atoms with Crippen LogP contribution in [0.15, 0.2) is 39.5 Å². The van der Waals surface area contributed by atoms with Crippen molar-refractivity contribution in [2.45, 2.75) is 31.2 Å². The van der Waals surface area contributed by atoms with Crippen molar-refractivity contribution in [1.82, 2.24) is 20.3 Å². The fourth-order valence-corrected chi connectivity index (χ4v) is 2.77. The average molecular weight is 297 g/mol. The molecule has 1 aliphatic carbocycles. The highest BCUT2D eigenvalue weighted by atomic mass is 16.5. The second-order valence-electron chi connectivity index (χ2n) is 5.58. The maximum atomic E-state index is 6.33. The molecular formula is C15H15N5O2. The maximum Gasteiger partial charge on any atom is 0.296 e. The van der Waals surface area contributed by atoms with Crippen LogP contribution in [0.5, 0.6) is 0 Å². The Labute approximate surface area is 126 Å². The number of pyridine rings is 1. The van der Waals surface area contributed by atoms with Gasteiger partial charge in [-0.25, -0.2) is 0 Å². The molecule has 0 bridgehead atoms. The Morgan fingerprint density at radius 1 is 1.05 bits per heavy atom. The van der Waals surface area contributed by atoms with E-state index in [9.17, 15) is 0 Å². The molecule has 0 saturated heterocycles. The van der Waals surface area contributed by atoms with Crippen LogP contribution in [-0.4, -0.2) is 20.3 Å². The summed E-state index contributed by atoms with van der Waals surface area (Å²) in [5, 5.41) is 8.00. The molecule has 0 aromatic carbocycles. The van der Waals surface area contributed by atoms with Gasteiger partial charge in [0.15, 0.2) is 5.82 Å². The molecule has 112 valence electrons. The predicted octanol–water partition coefficient (Wildman–Crippen LogP) is 2.51. The van der Waals surface area contributed by atoms with Crippen LogP contribution in [0.4, 0.5) is 0 Å². The van der Waals surface area contributed by atoms with Crippen molar-refractivity contribution >= 4 is 0 Å². The van der Waals surface area contributed by atoms with E-state index in [2.05, 4.69) is 20.3 Å². The lowest BCUT2D eigenvalue weighted by Crippen LogP contribution is -2.34. The third-order valence-corrected chi connectivity index (χ3v) is 4.02. The molecule has 3 aromatic rings. The largest absolute Gasteiger partial charge is 0.350 e. The summed E-state index contributed by atoms with van der Waals surface area (Å²) in [5.41, 5.74) is 7.20. The molecule has 0 spiro atoms. The van der Waals surface area contributed by atoms with Crippen LogP contribution in [0.1, 0.15) is 31.5 Å². The van der Waals surface area contributed by atoms with Crippen LogP contribution in [0.3, 0.4) is 0 Å². The van der Waals surface area contributed by atoms with E-state index < -0.39 is 5.54 Å². The second-order valence-corrected chi connectivity index (χ2v) is 5.58. The van der Waals surface area contributed by atoms with Gasteiger partial charge >= 0.3 is 0 Å². The minimum atomic E-state index is -0.481. The standard InChI is InChI=1S/C15H15N5O2/c16-15(6-2-3-7-15)14-18-13(22-20-14)12-9-11(19-21-12)10-5-1-4-8-17-10/h1,4-5,8-9H,2-3,6-7,16H2. The molecule has 2 N–H and O–H groups in total. The summed E-state index contributed by atoms with van der Waals surface area (Å²) < 4.78 is 10.6. The fourth-order valence-electron chi connectivity index (χ4n) is 2.77. The third kappa shape index (κ3) is 2.19.